The van der Waals surface area contributed by atoms with Crippen molar-refractivity contribution in [1.29, 1.82) is 0 Å². The Hall–Kier alpha value is -1.91. The Morgan fingerprint density at radius 2 is 1.86 bits per heavy atom. The Morgan fingerprint density at radius 3 is 2.43 bits per heavy atom. The van der Waals surface area contributed by atoms with E-state index in [-0.39, 0.29) is 0 Å². The minimum atomic E-state index is 0.890. The van der Waals surface area contributed by atoms with E-state index in [0.717, 1.165) is 60.2 Å². The molecule has 0 saturated heterocycles. The number of nitrogens with one attached hydrogen (secondary N) is 1. The molecule has 0 aliphatic carbocycles. The number of nitrogens with zero attached hydrogens (tertiary/aromatic N) is 4. The molecule has 114 valence electrons. The van der Waals surface area contributed by atoms with E-state index in [1.54, 1.807) is 0 Å². The van der Waals surface area contributed by atoms with Gasteiger partial charge in [-0.1, -0.05) is 13.8 Å². The summed E-state index contributed by atoms with van der Waals surface area (Å²) < 4.78 is 2.06. The summed E-state index contributed by atoms with van der Waals surface area (Å²) in [5, 5.41) is 3.41. The number of hydrogen-bond donors (Lipinski definition) is 1. The summed E-state index contributed by atoms with van der Waals surface area (Å²) in [5.41, 5.74) is 3.23. The minimum Gasteiger partial charge on any atom is -0.370 e. The molecular weight excluding hydrogens is 262 g/mol. The largest absolute Gasteiger partial charge is 0.370 e. The van der Waals surface area contributed by atoms with Gasteiger partial charge in [-0.15, -0.1) is 0 Å². The first-order chi connectivity index (χ1) is 10.1. The summed E-state index contributed by atoms with van der Waals surface area (Å²) in [7, 11) is 0. The molecule has 2 rings (SSSR count). The van der Waals surface area contributed by atoms with Crippen LogP contribution in [0.15, 0.2) is 6.33 Å². The molecule has 5 heteroatoms. The lowest BCUT2D eigenvalue weighted by Crippen LogP contribution is -2.12. The maximum absolute atomic E-state index is 4.75. The number of anilines is 1. The third-order valence-corrected chi connectivity index (χ3v) is 3.66. The molecule has 0 fully saturated rings. The van der Waals surface area contributed by atoms with E-state index in [4.69, 9.17) is 4.98 Å². The van der Waals surface area contributed by atoms with E-state index in [1.807, 2.05) is 13.3 Å². The van der Waals surface area contributed by atoms with Gasteiger partial charge in [0.05, 0.1) is 5.69 Å². The topological polar surface area (TPSA) is 55.6 Å². The summed E-state index contributed by atoms with van der Waals surface area (Å²) >= 11 is 0. The predicted octanol–water partition coefficient (Wildman–Crippen LogP) is 3.36. The van der Waals surface area contributed by atoms with Gasteiger partial charge in [-0.2, -0.15) is 0 Å². The summed E-state index contributed by atoms with van der Waals surface area (Å²) in [6.45, 7) is 11.4. The second-order valence-electron chi connectivity index (χ2n) is 5.40. The number of imidazole rings is 1. The van der Waals surface area contributed by atoms with E-state index < -0.39 is 0 Å². The zero-order valence-electron chi connectivity index (χ0n) is 13.7. The van der Waals surface area contributed by atoms with Crippen LogP contribution in [0.5, 0.6) is 0 Å². The maximum Gasteiger partial charge on any atom is 0.146 e. The Morgan fingerprint density at radius 1 is 1.10 bits per heavy atom. The van der Waals surface area contributed by atoms with Gasteiger partial charge >= 0.3 is 0 Å². The molecular formula is C16H25N5. The molecule has 2 heterocycles. The van der Waals surface area contributed by atoms with E-state index in [2.05, 4.69) is 47.5 Å². The zero-order valence-corrected chi connectivity index (χ0v) is 13.7. The van der Waals surface area contributed by atoms with Gasteiger partial charge < -0.3 is 5.32 Å². The van der Waals surface area contributed by atoms with E-state index in [1.165, 1.54) is 0 Å². The molecule has 0 aliphatic rings. The van der Waals surface area contributed by atoms with Gasteiger partial charge in [0.25, 0.3) is 0 Å². The Bertz CT molecular complexity index is 615. The molecule has 1 N–H and O–H groups in total. The highest BCUT2D eigenvalue weighted by atomic mass is 15.2. The van der Waals surface area contributed by atoms with Gasteiger partial charge in [0.1, 0.15) is 23.8 Å². The van der Waals surface area contributed by atoms with Crippen molar-refractivity contribution in [2.75, 3.05) is 11.9 Å². The van der Waals surface area contributed by atoms with Gasteiger partial charge in [0.15, 0.2) is 0 Å². The quantitative estimate of drug-likeness (QED) is 0.885. The second-order valence-corrected chi connectivity index (χ2v) is 5.40. The lowest BCUT2D eigenvalue weighted by atomic mass is 10.2. The van der Waals surface area contributed by atoms with Crippen LogP contribution in [0.2, 0.25) is 0 Å². The molecule has 5 nitrogen and oxygen atoms in total. The molecule has 2 aromatic heterocycles. The molecule has 0 amide bonds. The number of rotatable bonds is 6. The maximum atomic E-state index is 4.75. The molecule has 0 atom stereocenters. The third-order valence-electron chi connectivity index (χ3n) is 3.66. The zero-order chi connectivity index (χ0) is 15.4. The Kier molecular flexibility index (Phi) is 4.94. The monoisotopic (exact) mass is 287 g/mol. The average Bonchev–Trinajstić information content (AvgIpc) is 2.79. The van der Waals surface area contributed by atoms with Gasteiger partial charge in [-0.3, -0.25) is 4.57 Å². The molecule has 0 aromatic carbocycles. The molecule has 0 radical (unpaired) electrons. The highest BCUT2D eigenvalue weighted by Gasteiger charge is 2.14. The summed E-state index contributed by atoms with van der Waals surface area (Å²) in [6.07, 6.45) is 4.85. The van der Waals surface area contributed by atoms with Crippen molar-refractivity contribution >= 4 is 5.82 Å². The van der Waals surface area contributed by atoms with Crippen molar-refractivity contribution in [3.8, 4) is 5.82 Å². The molecule has 0 unspecified atom stereocenters. The minimum absolute atomic E-state index is 0.890. The summed E-state index contributed by atoms with van der Waals surface area (Å²) in [6, 6.07) is 0. The molecule has 0 saturated carbocycles. The van der Waals surface area contributed by atoms with E-state index >= 15 is 0 Å². The van der Waals surface area contributed by atoms with Crippen molar-refractivity contribution in [3.05, 3.63) is 29.1 Å². The fraction of sp³-hybridized carbons (Fsp3) is 0.562. The molecule has 2 aromatic rings. The van der Waals surface area contributed by atoms with Crippen LogP contribution in [0.25, 0.3) is 5.82 Å². The number of aryl methyl sites for hydroxylation is 2. The first kappa shape index (κ1) is 15.5. The van der Waals surface area contributed by atoms with Gasteiger partial charge in [-0.25, -0.2) is 15.0 Å². The molecule has 21 heavy (non-hydrogen) atoms. The first-order valence-electron chi connectivity index (χ1n) is 7.70. The number of hydrogen-bond acceptors (Lipinski definition) is 4. The van der Waals surface area contributed by atoms with Crippen molar-refractivity contribution in [3.63, 3.8) is 0 Å². The number of aromatic nitrogens is 4. The summed E-state index contributed by atoms with van der Waals surface area (Å²) in [4.78, 5) is 13.8. The van der Waals surface area contributed by atoms with Crippen LogP contribution in [-0.4, -0.2) is 26.1 Å². The van der Waals surface area contributed by atoms with Crippen molar-refractivity contribution in [1.82, 2.24) is 19.5 Å². The normalized spacial score (nSPS) is 10.9. The fourth-order valence-corrected chi connectivity index (χ4v) is 2.25. The molecule has 0 spiro atoms. The average molecular weight is 287 g/mol. The first-order valence-corrected chi connectivity index (χ1v) is 7.70. The van der Waals surface area contributed by atoms with Crippen molar-refractivity contribution in [2.24, 2.45) is 0 Å². The molecule has 0 aliphatic heterocycles. The van der Waals surface area contributed by atoms with Gasteiger partial charge in [-0.05, 0) is 33.6 Å². The van der Waals surface area contributed by atoms with Crippen LogP contribution in [0.4, 0.5) is 5.82 Å². The summed E-state index contributed by atoms with van der Waals surface area (Å²) in [5.74, 6) is 2.77. The Labute approximate surface area is 126 Å². The lowest BCUT2D eigenvalue weighted by molar-refractivity contribution is 0.803. The Balaban J connectivity index is 2.52. The molecule has 0 bridgehead atoms. The van der Waals surface area contributed by atoms with Gasteiger partial charge in [0, 0.05) is 24.2 Å². The van der Waals surface area contributed by atoms with Crippen molar-refractivity contribution < 1.29 is 0 Å². The fourth-order valence-electron chi connectivity index (χ4n) is 2.25. The second kappa shape index (κ2) is 6.70. The lowest BCUT2D eigenvalue weighted by Gasteiger charge is -2.15. The van der Waals surface area contributed by atoms with E-state index in [0.29, 0.717) is 0 Å². The third kappa shape index (κ3) is 3.23. The van der Waals surface area contributed by atoms with Crippen LogP contribution in [0.3, 0.4) is 0 Å². The predicted molar refractivity (Wildman–Crippen MR) is 86.1 cm³/mol. The smallest absolute Gasteiger partial charge is 0.146 e. The SMILES string of the molecule is CCCNc1nc(CCC)nc(-n2cnc(C)c2C)c1C. The highest BCUT2D eigenvalue weighted by molar-refractivity contribution is 5.52. The van der Waals surface area contributed by atoms with E-state index in [9.17, 15) is 0 Å². The standard InChI is InChI=1S/C16H25N5/c1-6-8-14-19-15(17-9-7-2)11(3)16(20-14)21-10-18-12(4)13(21)5/h10H,6-9H2,1-5H3,(H,17,19,20). The van der Waals surface area contributed by atoms with Crippen LogP contribution < -0.4 is 5.32 Å². The highest BCUT2D eigenvalue weighted by Crippen LogP contribution is 2.22. The van der Waals surface area contributed by atoms with Crippen LogP contribution in [-0.2, 0) is 6.42 Å². The van der Waals surface area contributed by atoms with Crippen LogP contribution in [0.1, 0.15) is 49.5 Å². The van der Waals surface area contributed by atoms with Crippen molar-refractivity contribution in [2.45, 2.75) is 53.9 Å². The van der Waals surface area contributed by atoms with Gasteiger partial charge in [0.2, 0.25) is 0 Å². The van der Waals surface area contributed by atoms with Crippen LogP contribution >= 0.6 is 0 Å². The van der Waals surface area contributed by atoms with Crippen LogP contribution in [0, 0.1) is 20.8 Å².